The molecule has 1 N–H and O–H groups in total. The molecule has 0 spiro atoms. The van der Waals surface area contributed by atoms with E-state index in [0.29, 0.717) is 5.69 Å². The Balaban J connectivity index is 2.18. The smallest absolute Gasteiger partial charge is 0.161 e. The predicted octanol–water partition coefficient (Wildman–Crippen LogP) is 3.82. The third kappa shape index (κ3) is 3.22. The second-order valence-electron chi connectivity index (χ2n) is 4.94. The number of anilines is 1. The lowest BCUT2D eigenvalue weighted by atomic mass is 10.0. The number of thioether (sulfide) groups is 1. The van der Waals surface area contributed by atoms with E-state index in [1.165, 1.54) is 6.07 Å². The molecule has 92 valence electrons. The highest BCUT2D eigenvalue weighted by Crippen LogP contribution is 2.27. The minimum atomic E-state index is -0.225. The molecule has 1 aromatic carbocycles. The normalized spacial score (nSPS) is 18.7. The lowest BCUT2D eigenvalue weighted by Crippen LogP contribution is -2.27. The van der Waals surface area contributed by atoms with Crippen molar-refractivity contribution in [1.82, 2.24) is 0 Å². The number of benzene rings is 1. The molecule has 0 amide bonds. The SMILES string of the molecule is Cc1ccc(NC2=NC(C)(C)CCS2)c(F)c1. The molecule has 0 atom stereocenters. The third-order valence-electron chi connectivity index (χ3n) is 2.72. The summed E-state index contributed by atoms with van der Waals surface area (Å²) in [5.74, 6) is 0.795. The molecule has 0 unspecified atom stereocenters. The molecule has 1 aromatic rings. The Kier molecular flexibility index (Phi) is 3.43. The summed E-state index contributed by atoms with van der Waals surface area (Å²) in [6.07, 6.45) is 1.05. The van der Waals surface area contributed by atoms with Crippen molar-refractivity contribution in [1.29, 1.82) is 0 Å². The summed E-state index contributed by atoms with van der Waals surface area (Å²) in [6.45, 7) is 6.07. The van der Waals surface area contributed by atoms with Gasteiger partial charge in [0.1, 0.15) is 5.82 Å². The van der Waals surface area contributed by atoms with Gasteiger partial charge in [-0.1, -0.05) is 17.8 Å². The molecule has 0 aromatic heterocycles. The zero-order valence-electron chi connectivity index (χ0n) is 10.4. The van der Waals surface area contributed by atoms with E-state index in [2.05, 4.69) is 24.2 Å². The van der Waals surface area contributed by atoms with Gasteiger partial charge in [0.2, 0.25) is 0 Å². The van der Waals surface area contributed by atoms with Gasteiger partial charge < -0.3 is 5.32 Å². The molecular formula is C13H17FN2S. The lowest BCUT2D eigenvalue weighted by molar-refractivity contribution is 0.507. The topological polar surface area (TPSA) is 24.4 Å². The van der Waals surface area contributed by atoms with Crippen molar-refractivity contribution in [3.8, 4) is 0 Å². The Morgan fingerprint density at radius 3 is 2.82 bits per heavy atom. The maximum Gasteiger partial charge on any atom is 0.161 e. The second kappa shape index (κ2) is 4.69. The van der Waals surface area contributed by atoms with Gasteiger partial charge in [-0.2, -0.15) is 0 Å². The number of halogens is 1. The fraction of sp³-hybridized carbons (Fsp3) is 0.462. The van der Waals surface area contributed by atoms with Crippen LogP contribution in [0.3, 0.4) is 0 Å². The van der Waals surface area contributed by atoms with Crippen LogP contribution in [0.1, 0.15) is 25.8 Å². The van der Waals surface area contributed by atoms with Crippen LogP contribution in [0, 0.1) is 12.7 Å². The van der Waals surface area contributed by atoms with E-state index in [1.807, 2.05) is 13.0 Å². The molecule has 0 fully saturated rings. The van der Waals surface area contributed by atoms with Gasteiger partial charge >= 0.3 is 0 Å². The highest BCUT2D eigenvalue weighted by molar-refractivity contribution is 8.14. The Labute approximate surface area is 106 Å². The van der Waals surface area contributed by atoms with E-state index >= 15 is 0 Å². The maximum absolute atomic E-state index is 13.7. The average molecular weight is 252 g/mol. The quantitative estimate of drug-likeness (QED) is 0.821. The van der Waals surface area contributed by atoms with Gasteiger partial charge in [-0.25, -0.2) is 4.39 Å². The van der Waals surface area contributed by atoms with Gasteiger partial charge in [-0.05, 0) is 44.9 Å². The van der Waals surface area contributed by atoms with Crippen LogP contribution in [0.2, 0.25) is 0 Å². The van der Waals surface area contributed by atoms with Crippen molar-refractivity contribution in [3.05, 3.63) is 29.6 Å². The summed E-state index contributed by atoms with van der Waals surface area (Å²) in [5.41, 5.74) is 1.38. The molecule has 0 aliphatic carbocycles. The largest absolute Gasteiger partial charge is 0.333 e. The van der Waals surface area contributed by atoms with E-state index in [1.54, 1.807) is 17.8 Å². The zero-order chi connectivity index (χ0) is 12.5. The van der Waals surface area contributed by atoms with E-state index in [0.717, 1.165) is 22.9 Å². The van der Waals surface area contributed by atoms with Crippen molar-refractivity contribution in [2.75, 3.05) is 11.1 Å². The first kappa shape index (κ1) is 12.4. The number of aliphatic imine (C=N–C) groups is 1. The summed E-state index contributed by atoms with van der Waals surface area (Å²) >= 11 is 1.65. The van der Waals surface area contributed by atoms with E-state index < -0.39 is 0 Å². The van der Waals surface area contributed by atoms with Gasteiger partial charge in [0.15, 0.2) is 5.17 Å². The van der Waals surface area contributed by atoms with Crippen LogP contribution < -0.4 is 5.32 Å². The first-order valence-electron chi connectivity index (χ1n) is 5.72. The summed E-state index contributed by atoms with van der Waals surface area (Å²) in [7, 11) is 0. The molecule has 2 nitrogen and oxygen atoms in total. The number of rotatable bonds is 1. The van der Waals surface area contributed by atoms with Gasteiger partial charge in [0.25, 0.3) is 0 Å². The van der Waals surface area contributed by atoms with Crippen molar-refractivity contribution >= 4 is 22.6 Å². The molecule has 0 bridgehead atoms. The van der Waals surface area contributed by atoms with Crippen LogP contribution in [-0.4, -0.2) is 16.5 Å². The second-order valence-corrected chi connectivity index (χ2v) is 6.02. The number of hydrogen-bond acceptors (Lipinski definition) is 3. The van der Waals surface area contributed by atoms with Crippen LogP contribution in [-0.2, 0) is 0 Å². The van der Waals surface area contributed by atoms with Crippen LogP contribution in [0.25, 0.3) is 0 Å². The van der Waals surface area contributed by atoms with E-state index in [9.17, 15) is 4.39 Å². The average Bonchev–Trinajstić information content (AvgIpc) is 2.21. The van der Waals surface area contributed by atoms with Crippen molar-refractivity contribution < 1.29 is 4.39 Å². The fourth-order valence-electron chi connectivity index (χ4n) is 1.66. The Hall–Kier alpha value is -1.03. The summed E-state index contributed by atoms with van der Waals surface area (Å²) in [5, 5.41) is 3.88. The number of aryl methyl sites for hydroxylation is 1. The molecule has 1 aliphatic rings. The summed E-state index contributed by atoms with van der Waals surface area (Å²) < 4.78 is 13.7. The molecule has 2 rings (SSSR count). The molecule has 1 aliphatic heterocycles. The molecule has 0 radical (unpaired) electrons. The van der Waals surface area contributed by atoms with Crippen LogP contribution >= 0.6 is 11.8 Å². The fourth-order valence-corrected chi connectivity index (χ4v) is 2.95. The van der Waals surface area contributed by atoms with Crippen molar-refractivity contribution in [3.63, 3.8) is 0 Å². The number of nitrogens with zero attached hydrogens (tertiary/aromatic N) is 1. The molecular weight excluding hydrogens is 235 g/mol. The molecule has 0 saturated heterocycles. The van der Waals surface area contributed by atoms with E-state index in [4.69, 9.17) is 0 Å². The van der Waals surface area contributed by atoms with Gasteiger partial charge in [0, 0.05) is 5.75 Å². The van der Waals surface area contributed by atoms with Gasteiger partial charge in [0.05, 0.1) is 11.2 Å². The van der Waals surface area contributed by atoms with Gasteiger partial charge in [-0.3, -0.25) is 4.99 Å². The summed E-state index contributed by atoms with van der Waals surface area (Å²) in [6, 6.07) is 5.18. The number of nitrogens with one attached hydrogen (secondary N) is 1. The zero-order valence-corrected chi connectivity index (χ0v) is 11.2. The standard InChI is InChI=1S/C13H17FN2S/c1-9-4-5-11(10(14)8-9)15-12-16-13(2,3)6-7-17-12/h4-5,8H,6-7H2,1-3H3,(H,15,16). The molecule has 17 heavy (non-hydrogen) atoms. The minimum Gasteiger partial charge on any atom is -0.333 e. The van der Waals surface area contributed by atoms with Crippen molar-refractivity contribution in [2.24, 2.45) is 4.99 Å². The monoisotopic (exact) mass is 252 g/mol. The van der Waals surface area contributed by atoms with Crippen LogP contribution in [0.15, 0.2) is 23.2 Å². The number of amidine groups is 1. The third-order valence-corrected chi connectivity index (χ3v) is 3.60. The highest BCUT2D eigenvalue weighted by Gasteiger charge is 2.22. The lowest BCUT2D eigenvalue weighted by Gasteiger charge is -2.26. The van der Waals surface area contributed by atoms with E-state index in [-0.39, 0.29) is 11.4 Å². The van der Waals surface area contributed by atoms with Crippen molar-refractivity contribution in [2.45, 2.75) is 32.7 Å². The first-order valence-corrected chi connectivity index (χ1v) is 6.71. The summed E-state index contributed by atoms with van der Waals surface area (Å²) in [4.78, 5) is 4.57. The molecule has 1 heterocycles. The maximum atomic E-state index is 13.7. The minimum absolute atomic E-state index is 0.0469. The molecule has 0 saturated carbocycles. The Morgan fingerprint density at radius 1 is 1.41 bits per heavy atom. The van der Waals surface area contributed by atoms with Crippen LogP contribution in [0.4, 0.5) is 10.1 Å². The predicted molar refractivity (Wildman–Crippen MR) is 73.3 cm³/mol. The van der Waals surface area contributed by atoms with Crippen LogP contribution in [0.5, 0.6) is 0 Å². The number of hydrogen-bond donors (Lipinski definition) is 1. The Morgan fingerprint density at radius 2 is 2.18 bits per heavy atom. The molecule has 4 heteroatoms. The Bertz CT molecular complexity index is 455. The highest BCUT2D eigenvalue weighted by atomic mass is 32.2. The first-order chi connectivity index (χ1) is 7.96. The van der Waals surface area contributed by atoms with Gasteiger partial charge in [-0.15, -0.1) is 0 Å².